The van der Waals surface area contributed by atoms with Crippen LogP contribution in [0.2, 0.25) is 0 Å². The number of benzene rings is 2. The normalized spacial score (nSPS) is 14.2. The number of ether oxygens (including phenoxy) is 3. The molecule has 33 heavy (non-hydrogen) atoms. The number of nitrogens with one attached hydrogen (secondary N) is 2. The molecule has 1 aliphatic rings. The maximum Gasteiger partial charge on any atom is 0.262 e. The van der Waals surface area contributed by atoms with Gasteiger partial charge in [0, 0.05) is 18.8 Å². The Morgan fingerprint density at radius 1 is 1.06 bits per heavy atom. The zero-order chi connectivity index (χ0) is 23.6. The van der Waals surface area contributed by atoms with Crippen LogP contribution in [0.4, 0.5) is 5.69 Å². The van der Waals surface area contributed by atoms with Crippen LogP contribution in [0, 0.1) is 13.8 Å². The predicted molar refractivity (Wildman–Crippen MR) is 126 cm³/mol. The molecular weight excluding hydrogens is 424 g/mol. The molecule has 1 saturated heterocycles. The Bertz CT molecular complexity index is 1000. The Morgan fingerprint density at radius 3 is 2.58 bits per heavy atom. The van der Waals surface area contributed by atoms with Gasteiger partial charge in [0.2, 0.25) is 0 Å². The smallest absolute Gasteiger partial charge is 0.262 e. The van der Waals surface area contributed by atoms with E-state index in [0.717, 1.165) is 29.9 Å². The van der Waals surface area contributed by atoms with Crippen molar-refractivity contribution in [2.75, 3.05) is 51.9 Å². The number of nitrogens with zero attached hydrogens (tertiary/aromatic N) is 2. The lowest BCUT2D eigenvalue weighted by Gasteiger charge is -2.25. The zero-order valence-corrected chi connectivity index (χ0v) is 19.2. The highest BCUT2D eigenvalue weighted by Crippen LogP contribution is 2.27. The van der Waals surface area contributed by atoms with Crippen LogP contribution in [0.3, 0.4) is 0 Å². The summed E-state index contributed by atoms with van der Waals surface area (Å²) in [6.07, 6.45) is 1.52. The summed E-state index contributed by atoms with van der Waals surface area (Å²) >= 11 is 0. The highest BCUT2D eigenvalue weighted by molar-refractivity contribution is 5.92. The summed E-state index contributed by atoms with van der Waals surface area (Å²) in [4.78, 5) is 26.3. The quantitative estimate of drug-likeness (QED) is 0.445. The van der Waals surface area contributed by atoms with Gasteiger partial charge in [-0.25, -0.2) is 5.43 Å². The summed E-state index contributed by atoms with van der Waals surface area (Å²) in [6, 6.07) is 10.9. The van der Waals surface area contributed by atoms with Crippen LogP contribution in [0.15, 0.2) is 41.5 Å². The van der Waals surface area contributed by atoms with Gasteiger partial charge in [-0.3, -0.25) is 14.5 Å². The molecule has 0 spiro atoms. The van der Waals surface area contributed by atoms with Gasteiger partial charge in [-0.05, 0) is 60.9 Å². The Morgan fingerprint density at radius 2 is 1.85 bits per heavy atom. The van der Waals surface area contributed by atoms with Crippen molar-refractivity contribution in [3.8, 4) is 11.5 Å². The standard InChI is InChI=1S/C24H30N4O5/c1-17-4-6-20(12-18(17)2)26-24(30)16-33-21-7-5-19(13-22(21)31-3)14-25-27-23(29)15-28-8-10-32-11-9-28/h4-7,12-14H,8-11,15-16H2,1-3H3,(H,26,30)(H,27,29). The van der Waals surface area contributed by atoms with Crippen LogP contribution >= 0.6 is 0 Å². The van der Waals surface area contributed by atoms with Gasteiger partial charge in [0.25, 0.3) is 11.8 Å². The zero-order valence-electron chi connectivity index (χ0n) is 19.2. The Labute approximate surface area is 193 Å². The molecule has 0 atom stereocenters. The molecule has 0 bridgehead atoms. The minimum Gasteiger partial charge on any atom is -0.493 e. The molecule has 9 nitrogen and oxygen atoms in total. The van der Waals surface area contributed by atoms with Crippen molar-refractivity contribution in [3.05, 3.63) is 53.1 Å². The average Bonchev–Trinajstić information content (AvgIpc) is 2.81. The first-order valence-electron chi connectivity index (χ1n) is 10.7. The molecule has 0 aliphatic carbocycles. The first kappa shape index (κ1) is 24.2. The molecule has 2 aromatic carbocycles. The third-order valence-corrected chi connectivity index (χ3v) is 5.21. The number of carbonyl (C=O) groups excluding carboxylic acids is 2. The Balaban J connectivity index is 1.50. The number of methoxy groups -OCH3 is 1. The van der Waals surface area contributed by atoms with Crippen molar-refractivity contribution in [1.29, 1.82) is 0 Å². The van der Waals surface area contributed by atoms with Crippen molar-refractivity contribution in [2.24, 2.45) is 5.10 Å². The minimum atomic E-state index is -0.270. The van der Waals surface area contributed by atoms with Crippen molar-refractivity contribution >= 4 is 23.7 Å². The maximum absolute atomic E-state index is 12.2. The van der Waals surface area contributed by atoms with E-state index >= 15 is 0 Å². The molecule has 0 aromatic heterocycles. The number of morpholine rings is 1. The number of hydrogen-bond acceptors (Lipinski definition) is 7. The highest BCUT2D eigenvalue weighted by atomic mass is 16.5. The van der Waals surface area contributed by atoms with Crippen LogP contribution in [-0.2, 0) is 14.3 Å². The lowest BCUT2D eigenvalue weighted by molar-refractivity contribution is -0.123. The predicted octanol–water partition coefficient (Wildman–Crippen LogP) is 2.11. The molecule has 1 aliphatic heterocycles. The third kappa shape index (κ3) is 7.58. The van der Waals surface area contributed by atoms with Gasteiger partial charge in [-0.1, -0.05) is 6.07 Å². The molecular formula is C24H30N4O5. The van der Waals surface area contributed by atoms with Crippen LogP contribution < -0.4 is 20.2 Å². The van der Waals surface area contributed by atoms with E-state index in [1.807, 2.05) is 36.9 Å². The van der Waals surface area contributed by atoms with Crippen LogP contribution in [0.5, 0.6) is 11.5 Å². The van der Waals surface area contributed by atoms with Crippen LogP contribution in [0.25, 0.3) is 0 Å². The van der Waals surface area contributed by atoms with Crippen molar-refractivity contribution in [2.45, 2.75) is 13.8 Å². The monoisotopic (exact) mass is 454 g/mol. The second kappa shape index (κ2) is 12.0. The van der Waals surface area contributed by atoms with E-state index in [9.17, 15) is 9.59 Å². The molecule has 1 heterocycles. The number of hydrazone groups is 1. The SMILES string of the molecule is COc1cc(C=NNC(=O)CN2CCOCC2)ccc1OCC(=O)Nc1ccc(C)c(C)c1. The lowest BCUT2D eigenvalue weighted by Crippen LogP contribution is -2.42. The summed E-state index contributed by atoms with van der Waals surface area (Å²) in [5, 5.41) is 6.82. The molecule has 2 amide bonds. The summed E-state index contributed by atoms with van der Waals surface area (Å²) in [5.41, 5.74) is 6.22. The number of carbonyl (C=O) groups is 2. The first-order chi connectivity index (χ1) is 15.9. The van der Waals surface area contributed by atoms with E-state index in [0.29, 0.717) is 30.3 Å². The summed E-state index contributed by atoms with van der Waals surface area (Å²) < 4.78 is 16.3. The van der Waals surface area contributed by atoms with Gasteiger partial charge in [0.1, 0.15) is 0 Å². The molecule has 3 rings (SSSR count). The van der Waals surface area contributed by atoms with Crippen LogP contribution in [-0.4, -0.2) is 69.5 Å². The van der Waals surface area contributed by atoms with Gasteiger partial charge < -0.3 is 19.5 Å². The number of anilines is 1. The van der Waals surface area contributed by atoms with E-state index in [1.54, 1.807) is 18.2 Å². The fourth-order valence-corrected chi connectivity index (χ4v) is 3.22. The first-order valence-corrected chi connectivity index (χ1v) is 10.7. The second-order valence-corrected chi connectivity index (χ2v) is 7.73. The molecule has 0 saturated carbocycles. The molecule has 0 unspecified atom stereocenters. The number of aryl methyl sites for hydroxylation is 2. The highest BCUT2D eigenvalue weighted by Gasteiger charge is 2.13. The van der Waals surface area contributed by atoms with Gasteiger partial charge in [-0.2, -0.15) is 5.10 Å². The summed E-state index contributed by atoms with van der Waals surface area (Å²) in [6.45, 7) is 6.87. The number of rotatable bonds is 9. The molecule has 2 N–H and O–H groups in total. The maximum atomic E-state index is 12.2. The van der Waals surface area contributed by atoms with Crippen molar-refractivity contribution in [1.82, 2.24) is 10.3 Å². The Hall–Kier alpha value is -3.43. The van der Waals surface area contributed by atoms with Crippen LogP contribution in [0.1, 0.15) is 16.7 Å². The van der Waals surface area contributed by atoms with Gasteiger partial charge in [0.15, 0.2) is 18.1 Å². The fourth-order valence-electron chi connectivity index (χ4n) is 3.22. The third-order valence-electron chi connectivity index (χ3n) is 5.21. The van der Waals surface area contributed by atoms with E-state index in [1.165, 1.54) is 13.3 Å². The van der Waals surface area contributed by atoms with Gasteiger partial charge in [-0.15, -0.1) is 0 Å². The summed E-state index contributed by atoms with van der Waals surface area (Å²) in [5.74, 6) is 0.433. The molecule has 1 fully saturated rings. The van der Waals surface area contributed by atoms with Gasteiger partial charge >= 0.3 is 0 Å². The van der Waals surface area contributed by atoms with E-state index in [4.69, 9.17) is 14.2 Å². The van der Waals surface area contributed by atoms with E-state index in [-0.39, 0.29) is 25.0 Å². The largest absolute Gasteiger partial charge is 0.493 e. The molecule has 9 heteroatoms. The van der Waals surface area contributed by atoms with Crippen molar-refractivity contribution < 1.29 is 23.8 Å². The molecule has 2 aromatic rings. The number of amides is 2. The topological polar surface area (TPSA) is 101 Å². The van der Waals surface area contributed by atoms with E-state index in [2.05, 4.69) is 15.8 Å². The fraction of sp³-hybridized carbons (Fsp3) is 0.375. The van der Waals surface area contributed by atoms with Gasteiger partial charge in [0.05, 0.1) is 33.1 Å². The summed E-state index contributed by atoms with van der Waals surface area (Å²) in [7, 11) is 1.52. The molecule has 0 radical (unpaired) electrons. The lowest BCUT2D eigenvalue weighted by atomic mass is 10.1. The number of hydrogen-bond donors (Lipinski definition) is 2. The molecule has 176 valence electrons. The Kier molecular flexibility index (Phi) is 8.79. The van der Waals surface area contributed by atoms with Crippen molar-refractivity contribution in [3.63, 3.8) is 0 Å². The average molecular weight is 455 g/mol. The van der Waals surface area contributed by atoms with E-state index < -0.39 is 0 Å². The minimum absolute atomic E-state index is 0.158. The second-order valence-electron chi connectivity index (χ2n) is 7.73.